The third kappa shape index (κ3) is 4.47. The Kier molecular flexibility index (Phi) is 6.30. The molecule has 5 nitrogen and oxygen atoms in total. The smallest absolute Gasteiger partial charge is 0.260 e. The lowest BCUT2D eigenvalue weighted by atomic mass is 10.2. The number of thioether (sulfide) groups is 1. The minimum atomic E-state index is -0.0975. The van der Waals surface area contributed by atoms with Crippen molar-refractivity contribution in [2.45, 2.75) is 18.4 Å². The minimum Gasteiger partial charge on any atom is -0.497 e. The van der Waals surface area contributed by atoms with E-state index in [2.05, 4.69) is 11.9 Å². The van der Waals surface area contributed by atoms with E-state index in [1.807, 2.05) is 60.7 Å². The van der Waals surface area contributed by atoms with Crippen LogP contribution in [0.3, 0.4) is 0 Å². The molecule has 0 spiro atoms. The Labute approximate surface area is 183 Å². The van der Waals surface area contributed by atoms with Gasteiger partial charge in [-0.05, 0) is 54.3 Å². The van der Waals surface area contributed by atoms with Crippen LogP contribution in [0.15, 0.2) is 71.8 Å². The molecular weight excluding hydrogens is 414 g/mol. The summed E-state index contributed by atoms with van der Waals surface area (Å²) in [5.41, 5.74) is 2.24. The molecule has 0 fully saturated rings. The number of thiazole rings is 1. The van der Waals surface area contributed by atoms with E-state index in [1.165, 1.54) is 11.3 Å². The van der Waals surface area contributed by atoms with Crippen molar-refractivity contribution in [3.8, 4) is 5.75 Å². The van der Waals surface area contributed by atoms with Gasteiger partial charge in [0.05, 0.1) is 29.6 Å². The maximum atomic E-state index is 13.5. The topological polar surface area (TPSA) is 55.3 Å². The lowest BCUT2D eigenvalue weighted by Gasteiger charge is -2.19. The van der Waals surface area contributed by atoms with Gasteiger partial charge in [0, 0.05) is 22.7 Å². The molecular formula is C23H21N3O2S2. The standard InChI is InChI=1S/C23H21N3O2S2/c1-3-29-19-10-7-16(8-11-19)22(27)26(15-17-6-4-5-13-24-17)23-25-20-14-18(28-2)9-12-21(20)30-23/h4-14H,3,15H2,1-2H3. The number of nitrogens with zero attached hydrogens (tertiary/aromatic N) is 3. The predicted molar refractivity (Wildman–Crippen MR) is 124 cm³/mol. The van der Waals surface area contributed by atoms with E-state index < -0.39 is 0 Å². The van der Waals surface area contributed by atoms with Crippen LogP contribution in [0, 0.1) is 0 Å². The average molecular weight is 436 g/mol. The number of pyridine rings is 1. The summed E-state index contributed by atoms with van der Waals surface area (Å²) >= 11 is 3.24. The number of hydrogen-bond donors (Lipinski definition) is 0. The van der Waals surface area contributed by atoms with Gasteiger partial charge in [-0.25, -0.2) is 4.98 Å². The van der Waals surface area contributed by atoms with Crippen molar-refractivity contribution in [3.63, 3.8) is 0 Å². The van der Waals surface area contributed by atoms with Crippen LogP contribution in [0.25, 0.3) is 10.2 Å². The van der Waals surface area contributed by atoms with E-state index in [0.717, 1.165) is 32.3 Å². The van der Waals surface area contributed by atoms with Gasteiger partial charge in [0.2, 0.25) is 0 Å². The number of ether oxygens (including phenoxy) is 1. The van der Waals surface area contributed by atoms with E-state index in [4.69, 9.17) is 9.72 Å². The molecule has 0 atom stereocenters. The maximum Gasteiger partial charge on any atom is 0.260 e. The molecule has 2 aromatic heterocycles. The molecule has 0 saturated carbocycles. The Balaban J connectivity index is 1.71. The number of amides is 1. The maximum absolute atomic E-state index is 13.5. The van der Waals surface area contributed by atoms with Crippen molar-refractivity contribution in [1.29, 1.82) is 0 Å². The van der Waals surface area contributed by atoms with E-state index in [0.29, 0.717) is 17.2 Å². The zero-order valence-electron chi connectivity index (χ0n) is 16.7. The van der Waals surface area contributed by atoms with Crippen molar-refractivity contribution >= 4 is 44.4 Å². The van der Waals surface area contributed by atoms with Crippen LogP contribution >= 0.6 is 23.1 Å². The third-order valence-corrected chi connectivity index (χ3v) is 6.47. The molecule has 0 bridgehead atoms. The zero-order chi connectivity index (χ0) is 20.9. The van der Waals surface area contributed by atoms with Gasteiger partial charge < -0.3 is 4.74 Å². The first kappa shape index (κ1) is 20.4. The van der Waals surface area contributed by atoms with Gasteiger partial charge in [0.1, 0.15) is 5.75 Å². The first-order chi connectivity index (χ1) is 14.7. The number of aromatic nitrogens is 2. The molecule has 7 heteroatoms. The molecule has 0 radical (unpaired) electrons. The van der Waals surface area contributed by atoms with Crippen LogP contribution in [-0.4, -0.2) is 28.7 Å². The number of hydrogen-bond acceptors (Lipinski definition) is 6. The predicted octanol–water partition coefficient (Wildman–Crippen LogP) is 5.66. The lowest BCUT2D eigenvalue weighted by Crippen LogP contribution is -2.30. The van der Waals surface area contributed by atoms with Crippen molar-refractivity contribution in [2.75, 3.05) is 17.8 Å². The second-order valence-electron chi connectivity index (χ2n) is 6.50. The number of carbonyl (C=O) groups excluding carboxylic acids is 1. The summed E-state index contributed by atoms with van der Waals surface area (Å²) in [6.45, 7) is 2.46. The molecule has 0 aliphatic rings. The van der Waals surface area contributed by atoms with Crippen molar-refractivity contribution in [2.24, 2.45) is 0 Å². The quantitative estimate of drug-likeness (QED) is 0.351. The molecule has 0 saturated heterocycles. The number of carbonyl (C=O) groups is 1. The van der Waals surface area contributed by atoms with Crippen molar-refractivity contribution in [3.05, 3.63) is 78.1 Å². The monoisotopic (exact) mass is 435 g/mol. The summed E-state index contributed by atoms with van der Waals surface area (Å²) < 4.78 is 6.31. The lowest BCUT2D eigenvalue weighted by molar-refractivity contribution is 0.0984. The summed E-state index contributed by atoms with van der Waals surface area (Å²) in [6, 6.07) is 19.2. The summed E-state index contributed by atoms with van der Waals surface area (Å²) in [4.78, 5) is 25.4. The summed E-state index contributed by atoms with van der Waals surface area (Å²) in [6.07, 6.45) is 1.73. The highest BCUT2D eigenvalue weighted by Gasteiger charge is 2.22. The number of anilines is 1. The highest BCUT2D eigenvalue weighted by Crippen LogP contribution is 2.33. The second-order valence-corrected chi connectivity index (χ2v) is 8.85. The van der Waals surface area contributed by atoms with Gasteiger partial charge in [-0.1, -0.05) is 24.3 Å². The van der Waals surface area contributed by atoms with Gasteiger partial charge in [-0.15, -0.1) is 11.8 Å². The number of fused-ring (bicyclic) bond motifs is 1. The Bertz CT molecular complexity index is 1140. The van der Waals surface area contributed by atoms with E-state index in [9.17, 15) is 4.79 Å². The fourth-order valence-corrected chi connectivity index (χ4v) is 4.64. The highest BCUT2D eigenvalue weighted by molar-refractivity contribution is 7.99. The van der Waals surface area contributed by atoms with Gasteiger partial charge in [-0.3, -0.25) is 14.7 Å². The first-order valence-electron chi connectivity index (χ1n) is 9.57. The summed E-state index contributed by atoms with van der Waals surface area (Å²) in [5.74, 6) is 1.64. The van der Waals surface area contributed by atoms with E-state index >= 15 is 0 Å². The number of methoxy groups -OCH3 is 1. The van der Waals surface area contributed by atoms with Crippen LogP contribution in [0.1, 0.15) is 23.0 Å². The molecule has 30 heavy (non-hydrogen) atoms. The molecule has 4 aromatic rings. The zero-order valence-corrected chi connectivity index (χ0v) is 18.4. The number of rotatable bonds is 7. The fraction of sp³-hybridized carbons (Fsp3) is 0.174. The first-order valence-corrected chi connectivity index (χ1v) is 11.4. The highest BCUT2D eigenvalue weighted by atomic mass is 32.2. The van der Waals surface area contributed by atoms with Crippen molar-refractivity contribution in [1.82, 2.24) is 9.97 Å². The van der Waals surface area contributed by atoms with Crippen LogP contribution in [-0.2, 0) is 6.54 Å². The average Bonchev–Trinajstić information content (AvgIpc) is 3.21. The van der Waals surface area contributed by atoms with Gasteiger partial charge >= 0.3 is 0 Å². The number of benzene rings is 2. The van der Waals surface area contributed by atoms with E-state index in [-0.39, 0.29) is 5.91 Å². The summed E-state index contributed by atoms with van der Waals surface area (Å²) in [7, 11) is 1.63. The van der Waals surface area contributed by atoms with Crippen LogP contribution in [0.2, 0.25) is 0 Å². The minimum absolute atomic E-state index is 0.0975. The van der Waals surface area contributed by atoms with E-state index in [1.54, 1.807) is 30.0 Å². The van der Waals surface area contributed by atoms with Gasteiger partial charge in [0.15, 0.2) is 5.13 Å². The van der Waals surface area contributed by atoms with Crippen molar-refractivity contribution < 1.29 is 9.53 Å². The molecule has 0 N–H and O–H groups in total. The Hall–Kier alpha value is -2.90. The summed E-state index contributed by atoms with van der Waals surface area (Å²) in [5, 5.41) is 0.640. The molecule has 4 rings (SSSR count). The molecule has 0 aliphatic carbocycles. The molecule has 152 valence electrons. The largest absolute Gasteiger partial charge is 0.497 e. The normalized spacial score (nSPS) is 10.9. The molecule has 0 aliphatic heterocycles. The van der Waals surface area contributed by atoms with Gasteiger partial charge in [0.25, 0.3) is 5.91 Å². The fourth-order valence-electron chi connectivity index (χ4n) is 3.03. The SMILES string of the molecule is CCSc1ccc(C(=O)N(Cc2ccccn2)c2nc3cc(OC)ccc3s2)cc1. The van der Waals surface area contributed by atoms with Crippen LogP contribution in [0.4, 0.5) is 5.13 Å². The Morgan fingerprint density at radius 3 is 2.67 bits per heavy atom. The molecule has 0 unspecified atom stereocenters. The van der Waals surface area contributed by atoms with Gasteiger partial charge in [-0.2, -0.15) is 0 Å². The van der Waals surface area contributed by atoms with Crippen LogP contribution in [0.5, 0.6) is 5.75 Å². The molecule has 2 heterocycles. The molecule has 1 amide bonds. The van der Waals surface area contributed by atoms with Crippen LogP contribution < -0.4 is 9.64 Å². The second kappa shape index (κ2) is 9.28. The Morgan fingerprint density at radius 2 is 1.97 bits per heavy atom. The third-order valence-electron chi connectivity index (χ3n) is 4.52. The molecule has 2 aromatic carbocycles. The Morgan fingerprint density at radius 1 is 1.13 bits per heavy atom.